The number of nitrogens with one attached hydrogen (secondary N) is 1. The second-order valence-electron chi connectivity index (χ2n) is 7.01. The highest BCUT2D eigenvalue weighted by Gasteiger charge is 2.32. The van der Waals surface area contributed by atoms with Gasteiger partial charge in [0.2, 0.25) is 5.91 Å². The van der Waals surface area contributed by atoms with E-state index < -0.39 is 12.1 Å². The fraction of sp³-hybridized carbons (Fsp3) is 0.526. The number of tetrazole rings is 1. The molecule has 2 amide bonds. The largest absolute Gasteiger partial charge is 0.450 e. The second kappa shape index (κ2) is 9.44. The minimum atomic E-state index is -0.656. The molecule has 0 saturated carbocycles. The number of halogens is 1. The van der Waals surface area contributed by atoms with Gasteiger partial charge in [0.25, 0.3) is 0 Å². The average molecular weight is 404 g/mol. The van der Waals surface area contributed by atoms with Gasteiger partial charge in [0.1, 0.15) is 17.7 Å². The number of aryl methyl sites for hydroxylation is 1. The molecule has 0 unspecified atom stereocenters. The number of amides is 2. The Morgan fingerprint density at radius 3 is 2.76 bits per heavy atom. The molecule has 0 aliphatic carbocycles. The van der Waals surface area contributed by atoms with Gasteiger partial charge in [0.05, 0.1) is 6.61 Å². The highest BCUT2D eigenvalue weighted by Crippen LogP contribution is 2.21. The number of carbonyl (C=O) groups excluding carboxylic acids is 2. The second-order valence-corrected chi connectivity index (χ2v) is 7.01. The van der Waals surface area contributed by atoms with Crippen LogP contribution in [0.5, 0.6) is 0 Å². The molecule has 29 heavy (non-hydrogen) atoms. The number of benzene rings is 1. The predicted molar refractivity (Wildman–Crippen MR) is 101 cm³/mol. The normalized spacial score (nSPS) is 17.6. The molecule has 1 fully saturated rings. The van der Waals surface area contributed by atoms with E-state index in [1.54, 1.807) is 30.9 Å². The Bertz CT molecular complexity index is 841. The van der Waals surface area contributed by atoms with Crippen LogP contribution in [0.3, 0.4) is 0 Å². The molecule has 2 heterocycles. The number of piperidine rings is 1. The van der Waals surface area contributed by atoms with E-state index in [9.17, 15) is 14.0 Å². The van der Waals surface area contributed by atoms with Crippen molar-refractivity contribution in [2.24, 2.45) is 0 Å². The lowest BCUT2D eigenvalue weighted by molar-refractivity contribution is -0.136. The lowest BCUT2D eigenvalue weighted by Crippen LogP contribution is -2.51. The van der Waals surface area contributed by atoms with Crippen LogP contribution in [0.2, 0.25) is 0 Å². The molecule has 1 aromatic carbocycles. The van der Waals surface area contributed by atoms with Crippen molar-refractivity contribution in [3.63, 3.8) is 0 Å². The van der Waals surface area contributed by atoms with Crippen LogP contribution >= 0.6 is 0 Å². The molecule has 2 atom stereocenters. The number of likely N-dealkylation sites (tertiary alicyclic amines) is 1. The molecule has 0 spiro atoms. The molecule has 2 aromatic rings. The van der Waals surface area contributed by atoms with Crippen LogP contribution < -0.4 is 5.32 Å². The third-order valence-electron chi connectivity index (χ3n) is 4.91. The lowest BCUT2D eigenvalue weighted by Gasteiger charge is -2.35. The number of hydrogen-bond donors (Lipinski definition) is 1. The molecule has 1 saturated heterocycles. The van der Waals surface area contributed by atoms with E-state index in [1.165, 1.54) is 16.8 Å². The van der Waals surface area contributed by atoms with Crippen molar-refractivity contribution in [3.8, 4) is 0 Å². The highest BCUT2D eigenvalue weighted by atomic mass is 19.1. The molecule has 9 nitrogen and oxygen atoms in total. The molecular weight excluding hydrogens is 379 g/mol. The fourth-order valence-corrected chi connectivity index (χ4v) is 3.49. The Balaban J connectivity index is 1.76. The van der Waals surface area contributed by atoms with Crippen LogP contribution in [0.15, 0.2) is 24.3 Å². The van der Waals surface area contributed by atoms with Gasteiger partial charge in [0, 0.05) is 25.6 Å². The van der Waals surface area contributed by atoms with Crippen molar-refractivity contribution >= 4 is 12.0 Å². The van der Waals surface area contributed by atoms with Gasteiger partial charge in [-0.25, -0.2) is 13.9 Å². The van der Waals surface area contributed by atoms with Crippen molar-refractivity contribution in [2.45, 2.75) is 45.2 Å². The molecule has 10 heteroatoms. The third-order valence-corrected chi connectivity index (χ3v) is 4.91. The summed E-state index contributed by atoms with van der Waals surface area (Å²) >= 11 is 0. The smallest absolute Gasteiger partial charge is 0.407 e. The maximum Gasteiger partial charge on any atom is 0.407 e. The Hall–Kier alpha value is -3.04. The van der Waals surface area contributed by atoms with Crippen LogP contribution in [0, 0.1) is 12.7 Å². The first-order valence-electron chi connectivity index (χ1n) is 9.69. The monoisotopic (exact) mass is 404 g/mol. The summed E-state index contributed by atoms with van der Waals surface area (Å²) in [6.45, 7) is 4.73. The number of rotatable bonds is 6. The summed E-state index contributed by atoms with van der Waals surface area (Å²) in [6, 6.07) is 5.20. The van der Waals surface area contributed by atoms with Gasteiger partial charge >= 0.3 is 6.09 Å². The molecule has 1 aliphatic heterocycles. The van der Waals surface area contributed by atoms with Crippen LogP contribution in [0.25, 0.3) is 0 Å². The fourth-order valence-electron chi connectivity index (χ4n) is 3.49. The molecule has 1 N–H and O–H groups in total. The minimum Gasteiger partial charge on any atom is -0.450 e. The highest BCUT2D eigenvalue weighted by molar-refractivity contribution is 5.81. The number of aromatic nitrogens is 4. The number of ether oxygens (including phenoxy) is 1. The zero-order chi connectivity index (χ0) is 20.8. The van der Waals surface area contributed by atoms with E-state index in [1.807, 2.05) is 0 Å². The van der Waals surface area contributed by atoms with E-state index >= 15 is 0 Å². The van der Waals surface area contributed by atoms with E-state index in [4.69, 9.17) is 4.74 Å². The summed E-state index contributed by atoms with van der Waals surface area (Å²) in [7, 11) is 0. The van der Waals surface area contributed by atoms with Gasteiger partial charge in [-0.1, -0.05) is 12.1 Å². The first-order chi connectivity index (χ1) is 14.0. The molecule has 0 radical (unpaired) electrons. The van der Waals surface area contributed by atoms with Crippen molar-refractivity contribution < 1.29 is 18.7 Å². The number of nitrogens with zero attached hydrogens (tertiary/aromatic N) is 5. The zero-order valence-corrected chi connectivity index (χ0v) is 16.5. The number of carbonyl (C=O) groups is 2. The summed E-state index contributed by atoms with van der Waals surface area (Å²) in [6.07, 6.45) is 1.39. The standard InChI is InChI=1S/C19H25FN6O3/c1-3-29-19(28)21-16-5-4-10-25(12-16)18(27)17(26-13(2)22-23-24-26)11-14-6-8-15(20)9-7-14/h6-9,16-17H,3-5,10-12H2,1-2H3,(H,21,28)/t16-,17+/m0/s1. The molecule has 3 rings (SSSR count). The van der Waals surface area contributed by atoms with E-state index in [2.05, 4.69) is 20.8 Å². The Kier molecular flexibility index (Phi) is 6.73. The van der Waals surface area contributed by atoms with Crippen LogP contribution in [-0.2, 0) is 16.0 Å². The van der Waals surface area contributed by atoms with E-state index in [0.717, 1.165) is 18.4 Å². The molecule has 0 bridgehead atoms. The Morgan fingerprint density at radius 2 is 2.10 bits per heavy atom. The first-order valence-corrected chi connectivity index (χ1v) is 9.69. The predicted octanol–water partition coefficient (Wildman–Crippen LogP) is 1.64. The first kappa shape index (κ1) is 20.7. The van der Waals surface area contributed by atoms with Gasteiger partial charge in [0.15, 0.2) is 0 Å². The van der Waals surface area contributed by atoms with Crippen LogP contribution in [0.1, 0.15) is 37.2 Å². The van der Waals surface area contributed by atoms with Gasteiger partial charge in [-0.3, -0.25) is 4.79 Å². The Labute approximate surface area is 168 Å². The summed E-state index contributed by atoms with van der Waals surface area (Å²) in [5.41, 5.74) is 0.804. The molecular formula is C19H25FN6O3. The maximum atomic E-state index is 13.4. The number of alkyl carbamates (subject to hydrolysis) is 1. The van der Waals surface area contributed by atoms with E-state index in [0.29, 0.717) is 31.9 Å². The summed E-state index contributed by atoms with van der Waals surface area (Å²) in [4.78, 5) is 26.8. The third kappa shape index (κ3) is 5.27. The van der Waals surface area contributed by atoms with Crippen molar-refractivity contribution in [1.82, 2.24) is 30.4 Å². The van der Waals surface area contributed by atoms with Gasteiger partial charge < -0.3 is 15.0 Å². The summed E-state index contributed by atoms with van der Waals surface area (Å²) in [5, 5.41) is 14.3. The molecule has 156 valence electrons. The molecule has 1 aromatic heterocycles. The Morgan fingerprint density at radius 1 is 1.34 bits per heavy atom. The quantitative estimate of drug-likeness (QED) is 0.785. The van der Waals surface area contributed by atoms with Gasteiger partial charge in [-0.2, -0.15) is 0 Å². The maximum absolute atomic E-state index is 13.4. The topological polar surface area (TPSA) is 102 Å². The van der Waals surface area contributed by atoms with Gasteiger partial charge in [-0.15, -0.1) is 5.10 Å². The SMILES string of the molecule is CCOC(=O)N[C@H]1CCCN(C(=O)[C@@H](Cc2ccc(F)cc2)n2nnnc2C)C1. The van der Waals surface area contributed by atoms with Crippen LogP contribution in [0.4, 0.5) is 9.18 Å². The van der Waals surface area contributed by atoms with Crippen molar-refractivity contribution in [3.05, 3.63) is 41.5 Å². The lowest BCUT2D eigenvalue weighted by atomic mass is 10.0. The van der Waals surface area contributed by atoms with E-state index in [-0.39, 0.29) is 17.8 Å². The number of hydrogen-bond acceptors (Lipinski definition) is 6. The molecule has 1 aliphatic rings. The van der Waals surface area contributed by atoms with Crippen molar-refractivity contribution in [1.29, 1.82) is 0 Å². The zero-order valence-electron chi connectivity index (χ0n) is 16.5. The van der Waals surface area contributed by atoms with Crippen LogP contribution in [-0.4, -0.2) is 62.8 Å². The van der Waals surface area contributed by atoms with Crippen molar-refractivity contribution in [2.75, 3.05) is 19.7 Å². The minimum absolute atomic E-state index is 0.139. The average Bonchev–Trinajstić information content (AvgIpc) is 3.13. The summed E-state index contributed by atoms with van der Waals surface area (Å²) < 4.78 is 19.7. The van der Waals surface area contributed by atoms with Gasteiger partial charge in [-0.05, 0) is 54.8 Å². The summed E-state index contributed by atoms with van der Waals surface area (Å²) in [5.74, 6) is 0.0443.